The van der Waals surface area contributed by atoms with E-state index in [-0.39, 0.29) is 48.8 Å². The van der Waals surface area contributed by atoms with E-state index in [1.165, 1.54) is 18.3 Å². The Balaban J connectivity index is 0.000000180. The highest BCUT2D eigenvalue weighted by atomic mass is 127. The van der Waals surface area contributed by atoms with Crippen molar-refractivity contribution in [2.45, 2.75) is 45.8 Å². The molecule has 2 saturated heterocycles. The van der Waals surface area contributed by atoms with Crippen LogP contribution < -0.4 is 42.9 Å². The van der Waals surface area contributed by atoms with Crippen LogP contribution in [0.2, 0.25) is 0 Å². The van der Waals surface area contributed by atoms with Crippen LogP contribution in [0.5, 0.6) is 0 Å². The van der Waals surface area contributed by atoms with Gasteiger partial charge in [0.25, 0.3) is 11.1 Å². The molecular weight excluding hydrogens is 1150 g/mol. The molecule has 4 aromatic carbocycles. The predicted molar refractivity (Wildman–Crippen MR) is 302 cm³/mol. The lowest BCUT2D eigenvalue weighted by molar-refractivity contribution is 0.111. The summed E-state index contributed by atoms with van der Waals surface area (Å²) in [4.78, 5) is 68.1. The molecule has 73 heavy (non-hydrogen) atoms. The quantitative estimate of drug-likeness (QED) is 0.101. The molecule has 4 aromatic heterocycles. The average Bonchev–Trinajstić information content (AvgIpc) is 3.87. The molecule has 2 N–H and O–H groups in total. The number of nitrogens with one attached hydrogen (secondary N) is 2. The number of aromatic nitrogens is 8. The molecular formula is C53H60I2N12O6. The number of hydrogen-bond donors (Lipinski definition) is 2. The number of ether oxygens (including phenoxy) is 2. The normalized spacial score (nSPS) is 14.1. The minimum atomic E-state index is -0.387. The molecule has 0 amide bonds. The van der Waals surface area contributed by atoms with Crippen molar-refractivity contribution >= 4 is 79.4 Å². The third kappa shape index (κ3) is 11.9. The zero-order valence-corrected chi connectivity index (χ0v) is 45.4. The first kappa shape index (κ1) is 52.0. The lowest BCUT2D eigenvalue weighted by Crippen LogP contribution is -2.44. The first-order valence-corrected chi connectivity index (χ1v) is 26.8. The average molecular weight is 1210 g/mol. The number of fused-ring (bicyclic) bond motifs is 2. The number of imidazole rings is 2. The van der Waals surface area contributed by atoms with Crippen LogP contribution >= 0.6 is 45.2 Å². The summed E-state index contributed by atoms with van der Waals surface area (Å²) < 4.78 is 23.3. The van der Waals surface area contributed by atoms with Crippen molar-refractivity contribution in [3.8, 4) is 0 Å². The molecule has 2 aliphatic heterocycles. The summed E-state index contributed by atoms with van der Waals surface area (Å²) in [6, 6.07) is 35.9. The molecule has 0 aliphatic carbocycles. The van der Waals surface area contributed by atoms with E-state index in [1.807, 2.05) is 94.1 Å². The maximum Gasteiger partial charge on any atom is 0.332 e. The molecule has 0 radical (unpaired) electrons. The summed E-state index contributed by atoms with van der Waals surface area (Å²) in [5, 5.41) is 6.79. The second kappa shape index (κ2) is 24.4. The van der Waals surface area contributed by atoms with E-state index in [2.05, 4.69) is 89.9 Å². The fourth-order valence-corrected chi connectivity index (χ4v) is 10.4. The Kier molecular flexibility index (Phi) is 17.4. The summed E-state index contributed by atoms with van der Waals surface area (Å²) in [5.41, 5.74) is 4.55. The van der Waals surface area contributed by atoms with Gasteiger partial charge in [-0.1, -0.05) is 97.1 Å². The van der Waals surface area contributed by atoms with Gasteiger partial charge in [-0.25, -0.2) is 9.59 Å². The number of rotatable bonds is 16. The molecule has 2 fully saturated rings. The van der Waals surface area contributed by atoms with Crippen molar-refractivity contribution in [2.75, 3.05) is 75.4 Å². The molecule has 0 bridgehead atoms. The summed E-state index contributed by atoms with van der Waals surface area (Å²) in [7, 11) is 3.36. The number of hydrogen-bond acceptors (Lipinski definition) is 12. The molecule has 0 spiro atoms. The monoisotopic (exact) mass is 1210 g/mol. The largest absolute Gasteiger partial charge is 0.375 e. The summed E-state index contributed by atoms with van der Waals surface area (Å²) >= 11 is 4.64. The highest BCUT2D eigenvalue weighted by Crippen LogP contribution is 2.26. The Bertz CT molecular complexity index is 3410. The number of anilines is 2. The lowest BCUT2D eigenvalue weighted by atomic mass is 10.2. The van der Waals surface area contributed by atoms with Gasteiger partial charge in [0.2, 0.25) is 11.9 Å². The number of halogens is 2. The highest BCUT2D eigenvalue weighted by molar-refractivity contribution is 14.1. The van der Waals surface area contributed by atoms with Gasteiger partial charge in [-0.2, -0.15) is 9.97 Å². The maximum absolute atomic E-state index is 13.8. The van der Waals surface area contributed by atoms with Crippen molar-refractivity contribution < 1.29 is 9.47 Å². The second-order valence-electron chi connectivity index (χ2n) is 18.0. The molecule has 10 rings (SSSR count). The minimum Gasteiger partial charge on any atom is -0.375 e. The van der Waals surface area contributed by atoms with E-state index >= 15 is 0 Å². The van der Waals surface area contributed by atoms with Crippen LogP contribution in [0.15, 0.2) is 128 Å². The van der Waals surface area contributed by atoms with Crippen molar-refractivity contribution in [3.05, 3.63) is 180 Å². The van der Waals surface area contributed by atoms with E-state index in [9.17, 15) is 19.2 Å². The molecule has 8 aromatic rings. The van der Waals surface area contributed by atoms with Crippen LogP contribution in [-0.4, -0.2) is 103 Å². The van der Waals surface area contributed by atoms with Crippen LogP contribution in [0.3, 0.4) is 0 Å². The van der Waals surface area contributed by atoms with Gasteiger partial charge in [0.1, 0.15) is 0 Å². The molecule has 382 valence electrons. The SMILES string of the molecule is Cn1c(=O)n(CCOCc2ccccc2)c(=O)c2c1nc(N1CCCNCC1)n2Cc1ccccc1I.Cn1c(=O)n(CCOCc2ccccc2)c(=O)c2c1nc(N1CCNCC1)n2Cc1ccccc1I. The van der Waals surface area contributed by atoms with Gasteiger partial charge >= 0.3 is 11.4 Å². The fourth-order valence-electron chi connectivity index (χ4n) is 9.24. The molecule has 20 heteroatoms. The lowest BCUT2D eigenvalue weighted by Gasteiger charge is -2.28. The first-order chi connectivity index (χ1) is 35.6. The van der Waals surface area contributed by atoms with Gasteiger partial charge in [-0.05, 0) is 92.5 Å². The molecule has 0 saturated carbocycles. The van der Waals surface area contributed by atoms with Crippen molar-refractivity contribution in [2.24, 2.45) is 14.1 Å². The Morgan fingerprint density at radius 3 is 1.34 bits per heavy atom. The molecule has 6 heterocycles. The van der Waals surface area contributed by atoms with Crippen LogP contribution in [0.1, 0.15) is 28.7 Å². The van der Waals surface area contributed by atoms with Crippen LogP contribution in [-0.2, 0) is 63.0 Å². The standard InChI is InChI=1S/C27H31IN6O3.C26H29IN6O3/c1-31-24-23(25(35)33(27(31)36)16-17-37-19-20-8-3-2-4-9-20)34(18-21-10-5-6-11-22(21)28)26(30-24)32-14-7-12-29-13-15-32;1-30-23-22(24(34)32(26(30)35)15-16-36-18-19-7-3-2-4-8-19)33(17-20-9-5-6-10-21(20)27)25(29-23)31-13-11-28-12-14-31/h2-6,8-11,29H,7,12-19H2,1H3;2-10,28H,11-18H2,1H3. The summed E-state index contributed by atoms with van der Waals surface area (Å²) in [5.74, 6) is 1.44. The smallest absolute Gasteiger partial charge is 0.332 e. The van der Waals surface area contributed by atoms with Gasteiger partial charge in [0.05, 0.1) is 52.6 Å². The zero-order valence-electron chi connectivity index (χ0n) is 41.1. The Hall–Kier alpha value is -5.92. The molecule has 2 aliphatic rings. The van der Waals surface area contributed by atoms with Crippen LogP contribution in [0.4, 0.5) is 11.9 Å². The van der Waals surface area contributed by atoms with Crippen molar-refractivity contribution in [1.82, 2.24) is 48.0 Å². The number of nitrogens with zero attached hydrogens (tertiary/aromatic N) is 10. The van der Waals surface area contributed by atoms with Crippen LogP contribution in [0, 0.1) is 7.14 Å². The molecule has 0 atom stereocenters. The third-order valence-electron chi connectivity index (χ3n) is 13.2. The van der Waals surface area contributed by atoms with E-state index in [1.54, 1.807) is 14.1 Å². The third-order valence-corrected chi connectivity index (χ3v) is 15.3. The first-order valence-electron chi connectivity index (χ1n) is 24.6. The summed E-state index contributed by atoms with van der Waals surface area (Å²) in [6.45, 7) is 9.34. The topological polar surface area (TPSA) is 173 Å². The number of benzene rings is 4. The van der Waals surface area contributed by atoms with Gasteiger partial charge in [-0.3, -0.25) is 37.0 Å². The van der Waals surface area contributed by atoms with Gasteiger partial charge in [-0.15, -0.1) is 0 Å². The Labute approximate surface area is 449 Å². The number of aryl methyl sites for hydroxylation is 2. The van der Waals surface area contributed by atoms with E-state index in [4.69, 9.17) is 19.4 Å². The second-order valence-corrected chi connectivity index (χ2v) is 20.3. The van der Waals surface area contributed by atoms with Gasteiger partial charge in [0, 0.05) is 67.0 Å². The van der Waals surface area contributed by atoms with Gasteiger partial charge < -0.3 is 29.9 Å². The van der Waals surface area contributed by atoms with Gasteiger partial charge in [0.15, 0.2) is 22.3 Å². The molecule has 18 nitrogen and oxygen atoms in total. The zero-order chi connectivity index (χ0) is 50.8. The Morgan fingerprint density at radius 1 is 0.507 bits per heavy atom. The van der Waals surface area contributed by atoms with E-state index in [0.717, 1.165) is 100 Å². The summed E-state index contributed by atoms with van der Waals surface area (Å²) in [6.07, 6.45) is 0.980. The highest BCUT2D eigenvalue weighted by Gasteiger charge is 2.27. The van der Waals surface area contributed by atoms with E-state index < -0.39 is 0 Å². The predicted octanol–water partition coefficient (Wildman–Crippen LogP) is 4.74. The molecule has 0 unspecified atom stereocenters. The van der Waals surface area contributed by atoms with Crippen molar-refractivity contribution in [3.63, 3.8) is 0 Å². The van der Waals surface area contributed by atoms with Crippen LogP contribution in [0.25, 0.3) is 22.3 Å². The minimum absolute atomic E-state index is 0.172. The maximum atomic E-state index is 13.8. The van der Waals surface area contributed by atoms with Crippen molar-refractivity contribution in [1.29, 1.82) is 0 Å². The number of piperazine rings is 1. The Morgan fingerprint density at radius 2 is 0.904 bits per heavy atom. The fraction of sp³-hybridized carbons (Fsp3) is 0.358. The van der Waals surface area contributed by atoms with E-state index in [0.29, 0.717) is 48.6 Å².